The van der Waals surface area contributed by atoms with Crippen LogP contribution in [0.4, 0.5) is 4.39 Å². The Bertz CT molecular complexity index is 342. The van der Waals surface area contributed by atoms with Gasteiger partial charge in [-0.3, -0.25) is 4.68 Å². The molecule has 0 aliphatic carbocycles. The average molecular weight is 225 g/mol. The van der Waals surface area contributed by atoms with E-state index in [9.17, 15) is 4.39 Å². The number of alkyl halides is 1. The van der Waals surface area contributed by atoms with Crippen LogP contribution in [0.5, 0.6) is 0 Å². The first kappa shape index (κ1) is 11.6. The normalized spacial score (nSPS) is 19.9. The predicted octanol–water partition coefficient (Wildman–Crippen LogP) is 1.61. The van der Waals surface area contributed by atoms with Crippen molar-refractivity contribution in [2.75, 3.05) is 13.1 Å². The number of nitrogens with zero attached hydrogens (tertiary/aromatic N) is 2. The van der Waals surface area contributed by atoms with Crippen molar-refractivity contribution >= 4 is 0 Å². The Kier molecular flexibility index (Phi) is 3.59. The minimum absolute atomic E-state index is 0.219. The molecule has 0 bridgehead atoms. The first-order valence-corrected chi connectivity index (χ1v) is 6.01. The molecule has 1 fully saturated rings. The maximum atomic E-state index is 14.1. The van der Waals surface area contributed by atoms with E-state index in [1.165, 1.54) is 0 Å². The van der Waals surface area contributed by atoms with Crippen LogP contribution in [0.1, 0.15) is 24.2 Å². The summed E-state index contributed by atoms with van der Waals surface area (Å²) in [6.45, 7) is 3.85. The Hall–Kier alpha value is -0.900. The van der Waals surface area contributed by atoms with Gasteiger partial charge in [-0.1, -0.05) is 0 Å². The molecule has 4 heteroatoms. The molecule has 2 heterocycles. The molecule has 1 aliphatic heterocycles. The second-order valence-electron chi connectivity index (χ2n) is 4.71. The zero-order valence-corrected chi connectivity index (χ0v) is 10.0. The third-order valence-electron chi connectivity index (χ3n) is 3.40. The maximum absolute atomic E-state index is 14.1. The van der Waals surface area contributed by atoms with Crippen molar-refractivity contribution in [3.63, 3.8) is 0 Å². The minimum atomic E-state index is -0.725. The van der Waals surface area contributed by atoms with Gasteiger partial charge in [-0.25, -0.2) is 4.39 Å². The van der Waals surface area contributed by atoms with E-state index in [-0.39, 0.29) is 5.92 Å². The summed E-state index contributed by atoms with van der Waals surface area (Å²) in [5.41, 5.74) is 1.97. The summed E-state index contributed by atoms with van der Waals surface area (Å²) in [5, 5.41) is 7.51. The third kappa shape index (κ3) is 2.61. The molecular formula is C12H20FN3. The van der Waals surface area contributed by atoms with Gasteiger partial charge in [0, 0.05) is 19.2 Å². The molecule has 1 saturated heterocycles. The zero-order chi connectivity index (χ0) is 11.5. The average Bonchev–Trinajstić information content (AvgIpc) is 2.59. The quantitative estimate of drug-likeness (QED) is 0.847. The molecule has 1 aliphatic rings. The summed E-state index contributed by atoms with van der Waals surface area (Å²) in [7, 11) is 1.89. The van der Waals surface area contributed by atoms with Gasteiger partial charge in [0.15, 0.2) is 0 Å². The molecule has 90 valence electrons. The van der Waals surface area contributed by atoms with E-state index in [4.69, 9.17) is 0 Å². The smallest absolute Gasteiger partial charge is 0.109 e. The van der Waals surface area contributed by atoms with Crippen LogP contribution in [0.15, 0.2) is 6.07 Å². The highest BCUT2D eigenvalue weighted by Crippen LogP contribution is 2.22. The van der Waals surface area contributed by atoms with Crippen molar-refractivity contribution in [3.8, 4) is 0 Å². The van der Waals surface area contributed by atoms with Crippen molar-refractivity contribution in [2.24, 2.45) is 13.0 Å². The van der Waals surface area contributed by atoms with Crippen molar-refractivity contribution in [3.05, 3.63) is 17.5 Å². The van der Waals surface area contributed by atoms with Crippen molar-refractivity contribution in [1.29, 1.82) is 0 Å². The monoisotopic (exact) mass is 225 g/mol. The number of aromatic nitrogens is 2. The standard InChI is InChI=1S/C12H20FN3/c1-9-7-11(16(2)15-9)8-12(13)10-3-5-14-6-4-10/h7,10,12,14H,3-6,8H2,1-2H3. The fourth-order valence-corrected chi connectivity index (χ4v) is 2.43. The molecule has 16 heavy (non-hydrogen) atoms. The fourth-order valence-electron chi connectivity index (χ4n) is 2.43. The van der Waals surface area contributed by atoms with Gasteiger partial charge in [0.1, 0.15) is 6.17 Å². The topological polar surface area (TPSA) is 29.9 Å². The highest BCUT2D eigenvalue weighted by Gasteiger charge is 2.24. The Morgan fingerprint density at radius 2 is 2.25 bits per heavy atom. The first-order chi connectivity index (χ1) is 7.66. The molecule has 1 atom stereocenters. The second kappa shape index (κ2) is 4.95. The molecule has 1 aromatic heterocycles. The zero-order valence-electron chi connectivity index (χ0n) is 10.0. The summed E-state index contributed by atoms with van der Waals surface area (Å²) in [5.74, 6) is 0.219. The fraction of sp³-hybridized carbons (Fsp3) is 0.750. The van der Waals surface area contributed by atoms with Gasteiger partial charge in [0.2, 0.25) is 0 Å². The number of hydrogen-bond donors (Lipinski definition) is 1. The van der Waals surface area contributed by atoms with Crippen LogP contribution in [-0.2, 0) is 13.5 Å². The summed E-state index contributed by atoms with van der Waals surface area (Å²) >= 11 is 0. The first-order valence-electron chi connectivity index (χ1n) is 6.01. The molecule has 0 radical (unpaired) electrons. The van der Waals surface area contributed by atoms with Crippen molar-refractivity contribution in [2.45, 2.75) is 32.4 Å². The number of hydrogen-bond acceptors (Lipinski definition) is 2. The van der Waals surface area contributed by atoms with E-state index in [0.717, 1.165) is 37.3 Å². The minimum Gasteiger partial charge on any atom is -0.317 e. The van der Waals surface area contributed by atoms with E-state index in [2.05, 4.69) is 10.4 Å². The van der Waals surface area contributed by atoms with Gasteiger partial charge in [-0.2, -0.15) is 5.10 Å². The lowest BCUT2D eigenvalue weighted by molar-refractivity contribution is 0.185. The molecular weight excluding hydrogens is 205 g/mol. The third-order valence-corrected chi connectivity index (χ3v) is 3.40. The Labute approximate surface area is 96.0 Å². The lowest BCUT2D eigenvalue weighted by Gasteiger charge is -2.25. The van der Waals surface area contributed by atoms with E-state index >= 15 is 0 Å². The van der Waals surface area contributed by atoms with Gasteiger partial charge in [0.25, 0.3) is 0 Å². The van der Waals surface area contributed by atoms with Crippen LogP contribution in [0.25, 0.3) is 0 Å². The molecule has 1 N–H and O–H groups in total. The van der Waals surface area contributed by atoms with Gasteiger partial charge in [-0.05, 0) is 44.8 Å². The number of piperidine rings is 1. The van der Waals surface area contributed by atoms with Gasteiger partial charge in [-0.15, -0.1) is 0 Å². The molecule has 1 aromatic rings. The SMILES string of the molecule is Cc1cc(CC(F)C2CCNCC2)n(C)n1. The maximum Gasteiger partial charge on any atom is 0.109 e. The van der Waals surface area contributed by atoms with Crippen LogP contribution in [-0.4, -0.2) is 29.0 Å². The van der Waals surface area contributed by atoms with Crippen LogP contribution in [0.2, 0.25) is 0 Å². The lowest BCUT2D eigenvalue weighted by Crippen LogP contribution is -2.33. The van der Waals surface area contributed by atoms with E-state index in [1.807, 2.05) is 20.0 Å². The molecule has 0 amide bonds. The summed E-state index contributed by atoms with van der Waals surface area (Å²) < 4.78 is 15.9. The Morgan fingerprint density at radius 1 is 1.56 bits per heavy atom. The van der Waals surface area contributed by atoms with E-state index < -0.39 is 6.17 Å². The van der Waals surface area contributed by atoms with Crippen molar-refractivity contribution in [1.82, 2.24) is 15.1 Å². The molecule has 0 aromatic carbocycles. The lowest BCUT2D eigenvalue weighted by atomic mass is 9.91. The van der Waals surface area contributed by atoms with Gasteiger partial charge < -0.3 is 5.32 Å². The highest BCUT2D eigenvalue weighted by molar-refractivity contribution is 5.09. The Morgan fingerprint density at radius 3 is 2.81 bits per heavy atom. The molecule has 2 rings (SSSR count). The predicted molar refractivity (Wildman–Crippen MR) is 62.1 cm³/mol. The number of nitrogens with one attached hydrogen (secondary N) is 1. The number of aryl methyl sites for hydroxylation is 2. The van der Waals surface area contributed by atoms with Gasteiger partial charge in [0.05, 0.1) is 5.69 Å². The van der Waals surface area contributed by atoms with E-state index in [1.54, 1.807) is 4.68 Å². The van der Waals surface area contributed by atoms with Crippen LogP contribution < -0.4 is 5.32 Å². The summed E-state index contributed by atoms with van der Waals surface area (Å²) in [6.07, 6.45) is 1.69. The summed E-state index contributed by atoms with van der Waals surface area (Å²) in [6, 6.07) is 1.98. The molecule has 0 spiro atoms. The largest absolute Gasteiger partial charge is 0.317 e. The molecule has 3 nitrogen and oxygen atoms in total. The van der Waals surface area contributed by atoms with Crippen molar-refractivity contribution < 1.29 is 4.39 Å². The molecule has 1 unspecified atom stereocenters. The van der Waals surface area contributed by atoms with Crippen LogP contribution in [0.3, 0.4) is 0 Å². The van der Waals surface area contributed by atoms with Gasteiger partial charge >= 0.3 is 0 Å². The number of halogens is 1. The number of rotatable bonds is 3. The second-order valence-corrected chi connectivity index (χ2v) is 4.71. The highest BCUT2D eigenvalue weighted by atomic mass is 19.1. The van der Waals surface area contributed by atoms with Crippen LogP contribution >= 0.6 is 0 Å². The molecule has 0 saturated carbocycles. The van der Waals surface area contributed by atoms with Crippen LogP contribution in [0, 0.1) is 12.8 Å². The Balaban J connectivity index is 1.95. The van der Waals surface area contributed by atoms with E-state index in [0.29, 0.717) is 6.42 Å². The summed E-state index contributed by atoms with van der Waals surface area (Å²) in [4.78, 5) is 0.